The summed E-state index contributed by atoms with van der Waals surface area (Å²) in [5.74, 6) is 1.22. The topological polar surface area (TPSA) is 45.6 Å². The molecule has 0 bridgehead atoms. The molecule has 0 atom stereocenters. The molecule has 4 nitrogen and oxygen atoms in total. The van der Waals surface area contributed by atoms with Gasteiger partial charge in [-0.3, -0.25) is 9.88 Å². The highest BCUT2D eigenvalue weighted by Gasteiger charge is 2.43. The van der Waals surface area contributed by atoms with Crippen LogP contribution in [0.15, 0.2) is 6.20 Å². The van der Waals surface area contributed by atoms with Crippen molar-refractivity contribution in [2.75, 3.05) is 20.2 Å². The molecule has 1 saturated heterocycles. The number of aliphatic hydroxyl groups is 1. The van der Waals surface area contributed by atoms with Gasteiger partial charge in [0.05, 0.1) is 18.4 Å². The van der Waals surface area contributed by atoms with Gasteiger partial charge >= 0.3 is 0 Å². The summed E-state index contributed by atoms with van der Waals surface area (Å²) < 4.78 is 5.42. The molecular weight excluding hydrogens is 240 g/mol. The fraction of sp³-hybridized carbons (Fsp3) is 0.667. The lowest BCUT2D eigenvalue weighted by Gasteiger charge is -2.49. The first-order valence-corrected chi connectivity index (χ1v) is 6.81. The van der Waals surface area contributed by atoms with Crippen molar-refractivity contribution in [3.05, 3.63) is 23.0 Å². The number of ether oxygens (including phenoxy) is 1. The van der Waals surface area contributed by atoms with E-state index in [9.17, 15) is 5.11 Å². The third-order valence-electron chi connectivity index (χ3n) is 4.19. The molecule has 0 unspecified atom stereocenters. The number of pyridine rings is 1. The Bertz CT molecular complexity index is 465. The van der Waals surface area contributed by atoms with Crippen molar-refractivity contribution in [2.45, 2.75) is 39.8 Å². The van der Waals surface area contributed by atoms with Crippen LogP contribution in [0, 0.1) is 19.8 Å². The molecule has 19 heavy (non-hydrogen) atoms. The molecule has 1 fully saturated rings. The van der Waals surface area contributed by atoms with Crippen LogP contribution in [0.4, 0.5) is 0 Å². The molecule has 0 aliphatic carbocycles. The van der Waals surface area contributed by atoms with E-state index < -0.39 is 5.60 Å². The van der Waals surface area contributed by atoms with Crippen molar-refractivity contribution in [1.82, 2.24) is 9.88 Å². The number of rotatable bonds is 4. The van der Waals surface area contributed by atoms with Gasteiger partial charge in [0.2, 0.25) is 0 Å². The number of methoxy groups -OCH3 is 1. The predicted octanol–water partition coefficient (Wildman–Crippen LogP) is 1.91. The number of hydrogen-bond acceptors (Lipinski definition) is 4. The smallest absolute Gasteiger partial charge is 0.128 e. The van der Waals surface area contributed by atoms with Crippen molar-refractivity contribution < 1.29 is 9.84 Å². The summed E-state index contributed by atoms with van der Waals surface area (Å²) >= 11 is 0. The average Bonchev–Trinajstić information content (AvgIpc) is 2.30. The maximum atomic E-state index is 10.3. The summed E-state index contributed by atoms with van der Waals surface area (Å²) in [4.78, 5) is 6.72. The molecule has 0 saturated carbocycles. The van der Waals surface area contributed by atoms with Crippen LogP contribution in [0.2, 0.25) is 0 Å². The quantitative estimate of drug-likeness (QED) is 0.902. The van der Waals surface area contributed by atoms with Crippen molar-refractivity contribution in [2.24, 2.45) is 5.92 Å². The zero-order valence-electron chi connectivity index (χ0n) is 12.5. The van der Waals surface area contributed by atoms with E-state index in [-0.39, 0.29) is 0 Å². The maximum absolute atomic E-state index is 10.3. The summed E-state index contributed by atoms with van der Waals surface area (Å²) in [5, 5.41) is 10.3. The molecule has 2 rings (SSSR count). The summed E-state index contributed by atoms with van der Waals surface area (Å²) in [5.41, 5.74) is 2.67. The van der Waals surface area contributed by atoms with E-state index in [1.807, 2.05) is 20.0 Å². The molecule has 1 aromatic rings. The number of aryl methyl sites for hydroxylation is 1. The molecule has 0 radical (unpaired) electrons. The van der Waals surface area contributed by atoms with Gasteiger partial charge in [-0.2, -0.15) is 0 Å². The van der Waals surface area contributed by atoms with Crippen LogP contribution in [-0.4, -0.2) is 40.8 Å². The molecule has 1 aliphatic heterocycles. The molecule has 106 valence electrons. The van der Waals surface area contributed by atoms with Gasteiger partial charge in [-0.25, -0.2) is 0 Å². The third kappa shape index (κ3) is 2.60. The first-order valence-electron chi connectivity index (χ1n) is 6.81. The lowest BCUT2D eigenvalue weighted by atomic mass is 9.83. The second kappa shape index (κ2) is 5.10. The zero-order chi connectivity index (χ0) is 14.2. The van der Waals surface area contributed by atoms with Gasteiger partial charge < -0.3 is 9.84 Å². The Morgan fingerprint density at radius 3 is 2.58 bits per heavy atom. The number of β-amino-alcohol motifs (C(OH)–C–C–N with tert-alkyl or cyclic N) is 1. The van der Waals surface area contributed by atoms with E-state index in [1.165, 1.54) is 0 Å². The summed E-state index contributed by atoms with van der Waals surface area (Å²) in [6.07, 6.45) is 1.86. The van der Waals surface area contributed by atoms with E-state index in [4.69, 9.17) is 4.74 Å². The fourth-order valence-corrected chi connectivity index (χ4v) is 2.65. The normalized spacial score (nSPS) is 18.5. The van der Waals surface area contributed by atoms with Gasteiger partial charge in [0.25, 0.3) is 0 Å². The molecule has 1 aromatic heterocycles. The van der Waals surface area contributed by atoms with Crippen LogP contribution < -0.4 is 4.74 Å². The first-order chi connectivity index (χ1) is 8.87. The second-order valence-corrected chi connectivity index (χ2v) is 5.95. The Balaban J connectivity index is 2.06. The summed E-state index contributed by atoms with van der Waals surface area (Å²) in [6, 6.07) is 0. The van der Waals surface area contributed by atoms with E-state index in [2.05, 4.69) is 23.7 Å². The number of nitrogens with zero attached hydrogens (tertiary/aromatic N) is 2. The standard InChI is InChI=1S/C15H24N2O2/c1-10(2)15(18)8-17(9-15)7-13-12(4)14(19-5)11(3)6-16-13/h6,10,18H,7-9H2,1-5H3. The van der Waals surface area contributed by atoms with Crippen molar-refractivity contribution >= 4 is 0 Å². The van der Waals surface area contributed by atoms with Gasteiger partial charge in [0.1, 0.15) is 5.75 Å². The van der Waals surface area contributed by atoms with Crippen molar-refractivity contribution in [3.63, 3.8) is 0 Å². The monoisotopic (exact) mass is 264 g/mol. The molecule has 1 aliphatic rings. The largest absolute Gasteiger partial charge is 0.496 e. The highest BCUT2D eigenvalue weighted by Crippen LogP contribution is 2.31. The van der Waals surface area contributed by atoms with Crippen molar-refractivity contribution in [3.8, 4) is 5.75 Å². The second-order valence-electron chi connectivity index (χ2n) is 5.95. The first kappa shape index (κ1) is 14.3. The van der Waals surface area contributed by atoms with Crippen LogP contribution in [0.5, 0.6) is 5.75 Å². The van der Waals surface area contributed by atoms with Gasteiger partial charge in [0.15, 0.2) is 0 Å². The summed E-state index contributed by atoms with van der Waals surface area (Å²) in [7, 11) is 1.69. The molecule has 2 heterocycles. The van der Waals surface area contributed by atoms with Gasteiger partial charge in [-0.1, -0.05) is 13.8 Å². The van der Waals surface area contributed by atoms with Gasteiger partial charge in [-0.05, 0) is 19.8 Å². The Morgan fingerprint density at radius 1 is 1.42 bits per heavy atom. The number of likely N-dealkylation sites (tertiary alicyclic amines) is 1. The Kier molecular flexibility index (Phi) is 3.83. The molecule has 0 amide bonds. The van der Waals surface area contributed by atoms with Crippen molar-refractivity contribution in [1.29, 1.82) is 0 Å². The summed E-state index contributed by atoms with van der Waals surface area (Å²) in [6.45, 7) is 10.4. The highest BCUT2D eigenvalue weighted by molar-refractivity contribution is 5.41. The maximum Gasteiger partial charge on any atom is 0.128 e. The van der Waals surface area contributed by atoms with Crippen LogP contribution >= 0.6 is 0 Å². The van der Waals surface area contributed by atoms with Gasteiger partial charge in [0, 0.05) is 37.0 Å². The molecular formula is C15H24N2O2. The van der Waals surface area contributed by atoms with E-state index in [0.29, 0.717) is 5.92 Å². The third-order valence-corrected chi connectivity index (χ3v) is 4.19. The van der Waals surface area contributed by atoms with Crippen LogP contribution in [-0.2, 0) is 6.54 Å². The minimum atomic E-state index is -0.525. The van der Waals surface area contributed by atoms with E-state index in [1.54, 1.807) is 7.11 Å². The lowest BCUT2D eigenvalue weighted by Crippen LogP contribution is -2.63. The minimum absolute atomic E-state index is 0.297. The average molecular weight is 264 g/mol. The van der Waals surface area contributed by atoms with Gasteiger partial charge in [-0.15, -0.1) is 0 Å². The minimum Gasteiger partial charge on any atom is -0.496 e. The molecule has 0 aromatic carbocycles. The lowest BCUT2D eigenvalue weighted by molar-refractivity contribution is -0.131. The fourth-order valence-electron chi connectivity index (χ4n) is 2.65. The van der Waals surface area contributed by atoms with Crippen LogP contribution in [0.1, 0.15) is 30.7 Å². The predicted molar refractivity (Wildman–Crippen MR) is 75.3 cm³/mol. The SMILES string of the molecule is COc1c(C)cnc(CN2CC(O)(C(C)C)C2)c1C. The number of aromatic nitrogens is 1. The van der Waals surface area contributed by atoms with Crippen LogP contribution in [0.25, 0.3) is 0 Å². The Hall–Kier alpha value is -1.13. The molecule has 4 heteroatoms. The zero-order valence-corrected chi connectivity index (χ0v) is 12.5. The van der Waals surface area contributed by atoms with E-state index >= 15 is 0 Å². The Labute approximate surface area is 115 Å². The van der Waals surface area contributed by atoms with Crippen LogP contribution in [0.3, 0.4) is 0 Å². The van der Waals surface area contributed by atoms with E-state index in [0.717, 1.165) is 42.2 Å². The highest BCUT2D eigenvalue weighted by atomic mass is 16.5. The molecule has 0 spiro atoms. The Morgan fingerprint density at radius 2 is 2.05 bits per heavy atom. The molecule has 1 N–H and O–H groups in total. The number of hydrogen-bond donors (Lipinski definition) is 1.